The van der Waals surface area contributed by atoms with Crippen molar-refractivity contribution in [1.29, 1.82) is 0 Å². The van der Waals surface area contributed by atoms with Gasteiger partial charge in [-0.25, -0.2) is 4.79 Å². The monoisotopic (exact) mass is 343 g/mol. The highest BCUT2D eigenvalue weighted by atomic mass is 35.5. The molecule has 0 unspecified atom stereocenters. The van der Waals surface area contributed by atoms with E-state index in [1.54, 1.807) is 55.5 Å². The van der Waals surface area contributed by atoms with Crippen LogP contribution in [-0.2, 0) is 4.74 Å². The van der Waals surface area contributed by atoms with Crippen LogP contribution in [0.1, 0.15) is 27.8 Å². The molecule has 1 N–H and O–H groups in total. The molecule has 0 aliphatic rings. The summed E-state index contributed by atoms with van der Waals surface area (Å²) in [6.07, 6.45) is 0. The van der Waals surface area contributed by atoms with Crippen molar-refractivity contribution in [3.63, 3.8) is 0 Å². The maximum Gasteiger partial charge on any atom is 0.376 e. The van der Waals surface area contributed by atoms with E-state index in [0.29, 0.717) is 21.6 Å². The van der Waals surface area contributed by atoms with Gasteiger partial charge in [0.05, 0.1) is 17.2 Å². The van der Waals surface area contributed by atoms with E-state index in [4.69, 9.17) is 20.8 Å². The van der Waals surface area contributed by atoms with Gasteiger partial charge in [-0.1, -0.05) is 35.9 Å². The van der Waals surface area contributed by atoms with Crippen LogP contribution in [-0.4, -0.2) is 18.5 Å². The van der Waals surface area contributed by atoms with Crippen molar-refractivity contribution in [3.05, 3.63) is 64.9 Å². The van der Waals surface area contributed by atoms with Gasteiger partial charge in [0, 0.05) is 5.39 Å². The number of nitrogens with one attached hydrogen (secondary N) is 1. The number of hydrogen-bond acceptors (Lipinski definition) is 4. The quantitative estimate of drug-likeness (QED) is 0.707. The Hall–Kier alpha value is -2.79. The summed E-state index contributed by atoms with van der Waals surface area (Å²) in [5.74, 6) is -1.11. The fraction of sp³-hybridized carbons (Fsp3) is 0.111. The van der Waals surface area contributed by atoms with Crippen LogP contribution in [0.4, 0.5) is 5.69 Å². The topological polar surface area (TPSA) is 68.5 Å². The first-order valence-electron chi connectivity index (χ1n) is 7.36. The van der Waals surface area contributed by atoms with Crippen LogP contribution >= 0.6 is 11.6 Å². The summed E-state index contributed by atoms with van der Waals surface area (Å²) < 4.78 is 10.6. The Balaban J connectivity index is 2.04. The lowest BCUT2D eigenvalue weighted by atomic mass is 10.2. The molecule has 6 heteroatoms. The third-order valence-corrected chi connectivity index (χ3v) is 3.74. The van der Waals surface area contributed by atoms with E-state index in [1.165, 1.54) is 0 Å². The number of hydrogen-bond donors (Lipinski definition) is 1. The number of rotatable bonds is 4. The molecule has 0 aliphatic carbocycles. The zero-order chi connectivity index (χ0) is 17.1. The number of ether oxygens (including phenoxy) is 1. The van der Waals surface area contributed by atoms with Crippen LogP contribution < -0.4 is 5.32 Å². The Kier molecular flexibility index (Phi) is 4.53. The average molecular weight is 344 g/mol. The lowest BCUT2D eigenvalue weighted by molar-refractivity contribution is 0.0494. The molecule has 122 valence electrons. The van der Waals surface area contributed by atoms with E-state index in [1.807, 2.05) is 0 Å². The molecular weight excluding hydrogens is 330 g/mol. The molecule has 3 aromatic rings. The number of carbonyl (C=O) groups is 2. The number of para-hydroxylation sites is 1. The maximum absolute atomic E-state index is 12.5. The van der Waals surface area contributed by atoms with Crippen molar-refractivity contribution in [2.75, 3.05) is 11.9 Å². The molecule has 0 aliphatic heterocycles. The van der Waals surface area contributed by atoms with Crippen LogP contribution in [0.5, 0.6) is 0 Å². The Morgan fingerprint density at radius 2 is 1.83 bits per heavy atom. The molecule has 0 atom stereocenters. The van der Waals surface area contributed by atoms with Crippen molar-refractivity contribution in [2.24, 2.45) is 0 Å². The van der Waals surface area contributed by atoms with E-state index in [2.05, 4.69) is 5.32 Å². The fourth-order valence-electron chi connectivity index (χ4n) is 2.34. The Bertz CT molecular complexity index is 916. The Morgan fingerprint density at radius 3 is 2.58 bits per heavy atom. The van der Waals surface area contributed by atoms with Gasteiger partial charge in [-0.05, 0) is 31.2 Å². The number of fused-ring (bicyclic) bond motifs is 1. The number of anilines is 1. The predicted molar refractivity (Wildman–Crippen MR) is 91.6 cm³/mol. The van der Waals surface area contributed by atoms with Gasteiger partial charge in [-0.3, -0.25) is 4.79 Å². The lowest BCUT2D eigenvalue weighted by Crippen LogP contribution is -2.15. The molecular formula is C18H14ClNO4. The molecule has 1 aromatic heterocycles. The molecule has 24 heavy (non-hydrogen) atoms. The summed E-state index contributed by atoms with van der Waals surface area (Å²) in [6.45, 7) is 1.90. The van der Waals surface area contributed by atoms with Crippen LogP contribution in [0.15, 0.2) is 52.9 Å². The highest BCUT2D eigenvalue weighted by molar-refractivity contribution is 6.34. The third kappa shape index (κ3) is 2.98. The first kappa shape index (κ1) is 16.1. The molecule has 0 spiro atoms. The average Bonchev–Trinajstić information content (AvgIpc) is 2.94. The highest BCUT2D eigenvalue weighted by Crippen LogP contribution is 2.32. The number of amides is 1. The summed E-state index contributed by atoms with van der Waals surface area (Å²) in [7, 11) is 0. The van der Waals surface area contributed by atoms with Gasteiger partial charge in [-0.2, -0.15) is 0 Å². The van der Waals surface area contributed by atoms with Crippen molar-refractivity contribution in [3.8, 4) is 0 Å². The van der Waals surface area contributed by atoms with Crippen molar-refractivity contribution in [2.45, 2.75) is 6.92 Å². The standard InChI is InChI=1S/C18H14ClNO4/c1-2-23-18(22)16-15(12-8-4-6-10-14(12)24-16)20-17(21)11-7-3-5-9-13(11)19/h3-10H,2H2,1H3,(H,20,21). The minimum Gasteiger partial charge on any atom is -0.460 e. The van der Waals surface area contributed by atoms with Gasteiger partial charge < -0.3 is 14.5 Å². The maximum atomic E-state index is 12.5. The van der Waals surface area contributed by atoms with Crippen molar-refractivity contribution >= 4 is 40.1 Å². The van der Waals surface area contributed by atoms with Crippen LogP contribution in [0.25, 0.3) is 11.0 Å². The van der Waals surface area contributed by atoms with Crippen LogP contribution in [0.3, 0.4) is 0 Å². The Morgan fingerprint density at radius 1 is 1.12 bits per heavy atom. The number of halogens is 1. The van der Waals surface area contributed by atoms with Gasteiger partial charge in [0.15, 0.2) is 0 Å². The first-order chi connectivity index (χ1) is 11.6. The van der Waals surface area contributed by atoms with E-state index < -0.39 is 11.9 Å². The number of benzene rings is 2. The van der Waals surface area contributed by atoms with E-state index in [9.17, 15) is 9.59 Å². The number of carbonyl (C=O) groups excluding carboxylic acids is 2. The lowest BCUT2D eigenvalue weighted by Gasteiger charge is -2.07. The molecule has 3 rings (SSSR count). The highest BCUT2D eigenvalue weighted by Gasteiger charge is 2.24. The summed E-state index contributed by atoms with van der Waals surface area (Å²) in [6, 6.07) is 13.7. The van der Waals surface area contributed by atoms with Gasteiger partial charge >= 0.3 is 5.97 Å². The summed E-state index contributed by atoms with van der Waals surface area (Å²) >= 11 is 6.05. The molecule has 0 bridgehead atoms. The normalized spacial score (nSPS) is 10.6. The Labute approximate surface area is 143 Å². The second-order valence-corrected chi connectivity index (χ2v) is 5.36. The van der Waals surface area contributed by atoms with Crippen molar-refractivity contribution < 1.29 is 18.7 Å². The molecule has 0 radical (unpaired) electrons. The van der Waals surface area contributed by atoms with Crippen LogP contribution in [0, 0.1) is 0 Å². The van der Waals surface area contributed by atoms with E-state index in [0.717, 1.165) is 0 Å². The summed E-state index contributed by atoms with van der Waals surface area (Å²) in [5.41, 5.74) is 1.06. The molecule has 0 fully saturated rings. The molecule has 1 heterocycles. The van der Waals surface area contributed by atoms with E-state index in [-0.39, 0.29) is 18.1 Å². The van der Waals surface area contributed by atoms with Gasteiger partial charge in [0.1, 0.15) is 11.3 Å². The number of furan rings is 1. The van der Waals surface area contributed by atoms with Crippen molar-refractivity contribution in [1.82, 2.24) is 0 Å². The zero-order valence-corrected chi connectivity index (χ0v) is 13.6. The SMILES string of the molecule is CCOC(=O)c1oc2ccccc2c1NC(=O)c1ccccc1Cl. The van der Waals surface area contributed by atoms with Gasteiger partial charge in [0.25, 0.3) is 5.91 Å². The third-order valence-electron chi connectivity index (χ3n) is 3.41. The summed E-state index contributed by atoms with van der Waals surface area (Å²) in [5, 5.41) is 3.64. The first-order valence-corrected chi connectivity index (χ1v) is 7.74. The smallest absolute Gasteiger partial charge is 0.376 e. The number of esters is 1. The van der Waals surface area contributed by atoms with E-state index >= 15 is 0 Å². The molecule has 1 amide bonds. The molecule has 0 saturated carbocycles. The van der Waals surface area contributed by atoms with Gasteiger partial charge in [0.2, 0.25) is 5.76 Å². The molecule has 0 saturated heterocycles. The molecule has 2 aromatic carbocycles. The second-order valence-electron chi connectivity index (χ2n) is 4.96. The largest absolute Gasteiger partial charge is 0.460 e. The summed E-state index contributed by atoms with van der Waals surface area (Å²) in [4.78, 5) is 24.6. The van der Waals surface area contributed by atoms with Gasteiger partial charge in [-0.15, -0.1) is 0 Å². The van der Waals surface area contributed by atoms with Crippen LogP contribution in [0.2, 0.25) is 5.02 Å². The molecule has 5 nitrogen and oxygen atoms in total. The minimum atomic E-state index is -0.636. The zero-order valence-electron chi connectivity index (χ0n) is 12.8. The fourth-order valence-corrected chi connectivity index (χ4v) is 2.56. The minimum absolute atomic E-state index is 0.0431. The second kappa shape index (κ2) is 6.76. The predicted octanol–water partition coefficient (Wildman–Crippen LogP) is 4.52.